The number of furan rings is 1. The molecule has 2 aromatic rings. The van der Waals surface area contributed by atoms with Gasteiger partial charge in [0.15, 0.2) is 5.76 Å². The van der Waals surface area contributed by atoms with Gasteiger partial charge in [0.1, 0.15) is 18.1 Å². The molecule has 0 spiro atoms. The number of hydrogen-bond donors (Lipinski definition) is 0. The molecule has 1 aliphatic heterocycles. The van der Waals surface area contributed by atoms with Gasteiger partial charge in [0.2, 0.25) is 0 Å². The monoisotopic (exact) mass is 355 g/mol. The number of benzene rings is 1. The Bertz CT molecular complexity index is 717. The van der Waals surface area contributed by atoms with Gasteiger partial charge in [0.25, 0.3) is 5.91 Å². The Morgan fingerprint density at radius 1 is 1.00 bits per heavy atom. The first-order valence-corrected chi connectivity index (χ1v) is 9.55. The maximum atomic E-state index is 12.6. The van der Waals surface area contributed by atoms with Crippen LogP contribution in [0.1, 0.15) is 68.3 Å². The SMILES string of the molecule is CC(C)(C)c1ccc(OCc2ccc(C(=O)N3CCCCCC3)o2)cc1. The van der Waals surface area contributed by atoms with E-state index in [1.807, 2.05) is 23.1 Å². The third-order valence-corrected chi connectivity index (χ3v) is 4.87. The lowest BCUT2D eigenvalue weighted by atomic mass is 9.87. The highest BCUT2D eigenvalue weighted by Gasteiger charge is 2.20. The minimum atomic E-state index is -0.00678. The van der Waals surface area contributed by atoms with Crippen molar-refractivity contribution in [2.24, 2.45) is 0 Å². The Morgan fingerprint density at radius 2 is 1.65 bits per heavy atom. The summed E-state index contributed by atoms with van der Waals surface area (Å²) in [5, 5.41) is 0. The second-order valence-corrected chi connectivity index (χ2v) is 8.04. The van der Waals surface area contributed by atoms with Crippen molar-refractivity contribution < 1.29 is 13.9 Å². The molecule has 4 heteroatoms. The van der Waals surface area contributed by atoms with Gasteiger partial charge in [-0.25, -0.2) is 0 Å². The number of likely N-dealkylation sites (tertiary alicyclic amines) is 1. The molecule has 0 aliphatic carbocycles. The number of amides is 1. The molecule has 0 N–H and O–H groups in total. The summed E-state index contributed by atoms with van der Waals surface area (Å²) >= 11 is 0. The van der Waals surface area contributed by atoms with Gasteiger partial charge in [-0.2, -0.15) is 0 Å². The molecule has 3 rings (SSSR count). The standard InChI is InChI=1S/C22H29NO3/c1-22(2,3)17-8-10-18(11-9-17)25-16-19-12-13-20(26-19)21(24)23-14-6-4-5-7-15-23/h8-13H,4-7,14-16H2,1-3H3. The number of carbonyl (C=O) groups excluding carboxylic acids is 1. The third-order valence-electron chi connectivity index (χ3n) is 4.87. The van der Waals surface area contributed by atoms with E-state index in [2.05, 4.69) is 32.9 Å². The zero-order valence-corrected chi connectivity index (χ0v) is 16.1. The Labute approximate surface area is 156 Å². The Kier molecular flexibility index (Phi) is 5.70. The van der Waals surface area contributed by atoms with Crippen molar-refractivity contribution in [1.29, 1.82) is 0 Å². The van der Waals surface area contributed by atoms with Crippen LogP contribution in [0.3, 0.4) is 0 Å². The van der Waals surface area contributed by atoms with Crippen molar-refractivity contribution in [2.45, 2.75) is 58.5 Å². The van der Waals surface area contributed by atoms with E-state index in [0.717, 1.165) is 31.7 Å². The van der Waals surface area contributed by atoms with Crippen LogP contribution in [0.25, 0.3) is 0 Å². The van der Waals surface area contributed by atoms with Crippen molar-refractivity contribution in [2.75, 3.05) is 13.1 Å². The second-order valence-electron chi connectivity index (χ2n) is 8.04. The summed E-state index contributed by atoms with van der Waals surface area (Å²) in [7, 11) is 0. The number of rotatable bonds is 4. The van der Waals surface area contributed by atoms with E-state index >= 15 is 0 Å². The molecule has 140 valence electrons. The lowest BCUT2D eigenvalue weighted by Crippen LogP contribution is -2.31. The molecule has 0 saturated carbocycles. The highest BCUT2D eigenvalue weighted by atomic mass is 16.5. The quantitative estimate of drug-likeness (QED) is 0.759. The van der Waals surface area contributed by atoms with Gasteiger partial charge in [0.05, 0.1) is 0 Å². The van der Waals surface area contributed by atoms with E-state index in [0.29, 0.717) is 18.1 Å². The predicted molar refractivity (Wildman–Crippen MR) is 103 cm³/mol. The fourth-order valence-corrected chi connectivity index (χ4v) is 3.21. The Balaban J connectivity index is 1.57. The van der Waals surface area contributed by atoms with Crippen LogP contribution in [0.15, 0.2) is 40.8 Å². The summed E-state index contributed by atoms with van der Waals surface area (Å²) in [5.74, 6) is 1.87. The van der Waals surface area contributed by atoms with E-state index < -0.39 is 0 Å². The highest BCUT2D eigenvalue weighted by molar-refractivity contribution is 5.91. The van der Waals surface area contributed by atoms with E-state index in [-0.39, 0.29) is 11.3 Å². The highest BCUT2D eigenvalue weighted by Crippen LogP contribution is 2.25. The average molecular weight is 355 g/mol. The summed E-state index contributed by atoms with van der Waals surface area (Å²) in [4.78, 5) is 14.5. The molecule has 1 amide bonds. The first-order valence-electron chi connectivity index (χ1n) is 9.55. The third kappa shape index (κ3) is 4.69. The molecule has 0 radical (unpaired) electrons. The predicted octanol–water partition coefficient (Wildman–Crippen LogP) is 5.17. The van der Waals surface area contributed by atoms with Crippen LogP contribution in [-0.4, -0.2) is 23.9 Å². The molecule has 1 aromatic carbocycles. The lowest BCUT2D eigenvalue weighted by molar-refractivity contribution is 0.0725. The fourth-order valence-electron chi connectivity index (χ4n) is 3.21. The van der Waals surface area contributed by atoms with Gasteiger partial charge < -0.3 is 14.1 Å². The number of nitrogens with zero attached hydrogens (tertiary/aromatic N) is 1. The molecular formula is C22H29NO3. The zero-order valence-electron chi connectivity index (χ0n) is 16.1. The van der Waals surface area contributed by atoms with Crippen molar-refractivity contribution >= 4 is 5.91 Å². The van der Waals surface area contributed by atoms with Crippen LogP contribution in [0.2, 0.25) is 0 Å². The van der Waals surface area contributed by atoms with Crippen LogP contribution in [0, 0.1) is 0 Å². The molecule has 26 heavy (non-hydrogen) atoms. The molecule has 0 bridgehead atoms. The van der Waals surface area contributed by atoms with Crippen molar-refractivity contribution in [3.8, 4) is 5.75 Å². The van der Waals surface area contributed by atoms with Gasteiger partial charge in [0, 0.05) is 13.1 Å². The van der Waals surface area contributed by atoms with E-state index in [1.165, 1.54) is 18.4 Å². The summed E-state index contributed by atoms with van der Waals surface area (Å²) in [6, 6.07) is 11.7. The first kappa shape index (κ1) is 18.6. The van der Waals surface area contributed by atoms with Gasteiger partial charge >= 0.3 is 0 Å². The molecule has 4 nitrogen and oxygen atoms in total. The fraction of sp³-hybridized carbons (Fsp3) is 0.500. The lowest BCUT2D eigenvalue weighted by Gasteiger charge is -2.19. The van der Waals surface area contributed by atoms with Gasteiger partial charge in [-0.05, 0) is 48.1 Å². The molecule has 1 fully saturated rings. The van der Waals surface area contributed by atoms with Gasteiger partial charge in [-0.3, -0.25) is 4.79 Å². The molecule has 2 heterocycles. The molecular weight excluding hydrogens is 326 g/mol. The number of hydrogen-bond acceptors (Lipinski definition) is 3. The molecule has 0 unspecified atom stereocenters. The van der Waals surface area contributed by atoms with Crippen LogP contribution < -0.4 is 4.74 Å². The molecule has 1 aliphatic rings. The summed E-state index contributed by atoms with van der Waals surface area (Å²) in [5.41, 5.74) is 1.40. The number of ether oxygens (including phenoxy) is 1. The average Bonchev–Trinajstić information content (AvgIpc) is 2.92. The Morgan fingerprint density at radius 3 is 2.27 bits per heavy atom. The van der Waals surface area contributed by atoms with Gasteiger partial charge in [-0.15, -0.1) is 0 Å². The summed E-state index contributed by atoms with van der Waals surface area (Å²) in [6.07, 6.45) is 4.56. The van der Waals surface area contributed by atoms with Crippen LogP contribution >= 0.6 is 0 Å². The Hall–Kier alpha value is -2.23. The summed E-state index contributed by atoms with van der Waals surface area (Å²) < 4.78 is 11.5. The van der Waals surface area contributed by atoms with Gasteiger partial charge in [-0.1, -0.05) is 45.7 Å². The molecule has 0 atom stereocenters. The van der Waals surface area contributed by atoms with Crippen molar-refractivity contribution in [3.63, 3.8) is 0 Å². The largest absolute Gasteiger partial charge is 0.486 e. The van der Waals surface area contributed by atoms with E-state index in [4.69, 9.17) is 9.15 Å². The topological polar surface area (TPSA) is 42.7 Å². The zero-order chi connectivity index (χ0) is 18.6. The first-order chi connectivity index (χ1) is 12.4. The van der Waals surface area contributed by atoms with E-state index in [1.54, 1.807) is 6.07 Å². The molecule has 1 aromatic heterocycles. The second kappa shape index (κ2) is 7.98. The normalized spacial score (nSPS) is 15.6. The smallest absolute Gasteiger partial charge is 0.289 e. The minimum Gasteiger partial charge on any atom is -0.486 e. The minimum absolute atomic E-state index is 0.00678. The van der Waals surface area contributed by atoms with Crippen molar-refractivity contribution in [3.05, 3.63) is 53.5 Å². The van der Waals surface area contributed by atoms with Crippen molar-refractivity contribution in [1.82, 2.24) is 4.90 Å². The maximum Gasteiger partial charge on any atom is 0.289 e. The van der Waals surface area contributed by atoms with Crippen LogP contribution in [0.4, 0.5) is 0 Å². The van der Waals surface area contributed by atoms with E-state index in [9.17, 15) is 4.79 Å². The molecule has 1 saturated heterocycles. The van der Waals surface area contributed by atoms with Crippen LogP contribution in [-0.2, 0) is 12.0 Å². The maximum absolute atomic E-state index is 12.6. The summed E-state index contributed by atoms with van der Waals surface area (Å²) in [6.45, 7) is 8.54. The van der Waals surface area contributed by atoms with Crippen LogP contribution in [0.5, 0.6) is 5.75 Å². The number of carbonyl (C=O) groups is 1.